The Balaban J connectivity index is 0.000000185. The molecule has 96 heavy (non-hydrogen) atoms. The molecule has 0 bridgehead atoms. The largest absolute Gasteiger partial charge is 0.455 e. The molecule has 0 radical (unpaired) electrons. The van der Waals surface area contributed by atoms with Crippen LogP contribution in [0, 0.1) is 0 Å². The Hall–Kier alpha value is -12.6. The molecular weight excluding hydrogens is 1160 g/mol. The smallest absolute Gasteiger partial charge is 0.143 e. The van der Waals surface area contributed by atoms with Crippen molar-refractivity contribution in [3.63, 3.8) is 0 Å². The van der Waals surface area contributed by atoms with Gasteiger partial charge < -0.3 is 8.83 Å². The maximum absolute atomic E-state index is 9.95. The van der Waals surface area contributed by atoms with Gasteiger partial charge in [-0.2, -0.15) is 0 Å². The van der Waals surface area contributed by atoms with Gasteiger partial charge in [-0.15, -0.1) is 0 Å². The lowest BCUT2D eigenvalue weighted by Crippen LogP contribution is -1.91. The Morgan fingerprint density at radius 1 is 0.156 bits per heavy atom. The molecule has 2 aromatic heterocycles. The second kappa shape index (κ2) is 21.5. The quantitative estimate of drug-likeness (QED) is 0.127. The molecule has 0 amide bonds. The zero-order valence-electron chi connectivity index (χ0n) is 104. The van der Waals surface area contributed by atoms with Crippen LogP contribution in [-0.2, 0) is 0 Å². The second-order valence-electron chi connectivity index (χ2n) is 21.3. The van der Waals surface area contributed by atoms with Crippen molar-refractivity contribution in [1.29, 1.82) is 0 Å². The summed E-state index contributed by atoms with van der Waals surface area (Å²) >= 11 is 0. The molecule has 0 aliphatic carbocycles. The van der Waals surface area contributed by atoms with E-state index in [1.807, 2.05) is 0 Å². The van der Waals surface area contributed by atoms with Crippen molar-refractivity contribution >= 4 is 152 Å². The van der Waals surface area contributed by atoms with Crippen LogP contribution in [0.2, 0.25) is 0 Å². The number of benzene rings is 19. The van der Waals surface area contributed by atoms with Crippen molar-refractivity contribution in [2.24, 2.45) is 0 Å². The lowest BCUT2D eigenvalue weighted by Gasteiger charge is -2.18. The topological polar surface area (TPSA) is 26.3 Å². The number of hydrogen-bond acceptors (Lipinski definition) is 2. The zero-order chi connectivity index (χ0) is 112. The van der Waals surface area contributed by atoms with E-state index in [4.69, 9.17) is 54.1 Å². The molecule has 21 aromatic rings. The van der Waals surface area contributed by atoms with Crippen molar-refractivity contribution in [3.05, 3.63) is 338 Å². The summed E-state index contributed by atoms with van der Waals surface area (Å²) in [5.74, 6) is 0. The first kappa shape index (κ1) is 22.6. The summed E-state index contributed by atoms with van der Waals surface area (Å²) < 4.78 is 519. The third-order valence-corrected chi connectivity index (χ3v) is 16.1. The average Bonchev–Trinajstić information content (AvgIpc) is 1.13. The predicted molar refractivity (Wildman–Crippen MR) is 410 cm³/mol. The predicted octanol–water partition coefficient (Wildman–Crippen LogP) is 27.0. The van der Waals surface area contributed by atoms with Gasteiger partial charge in [-0.25, -0.2) is 0 Å². The van der Waals surface area contributed by atoms with Gasteiger partial charge in [0.25, 0.3) is 0 Å². The molecule has 444 valence electrons. The average molecular weight is 1270 g/mol. The normalized spacial score (nSPS) is 20.1. The van der Waals surface area contributed by atoms with Gasteiger partial charge >= 0.3 is 0 Å². The monoisotopic (exact) mass is 1270 g/mol. The van der Waals surface area contributed by atoms with Gasteiger partial charge in [-0.1, -0.05) is 284 Å². The van der Waals surface area contributed by atoms with Gasteiger partial charge in [0.1, 0.15) is 22.3 Å². The van der Waals surface area contributed by atoms with Gasteiger partial charge in [0.2, 0.25) is 0 Å². The fraction of sp³-hybridized carbons (Fsp3) is 0. The van der Waals surface area contributed by atoms with Crippen molar-refractivity contribution in [3.8, 4) is 55.6 Å². The minimum atomic E-state index is -1.13. The summed E-state index contributed by atoms with van der Waals surface area (Å²) in [5, 5.41) is -14.3. The first-order valence-electron chi connectivity index (χ1n) is 56.6. The van der Waals surface area contributed by atoms with Gasteiger partial charge in [0.15, 0.2) is 0 Å². The van der Waals surface area contributed by atoms with E-state index >= 15 is 0 Å². The molecular formula is C94H56O2. The fourth-order valence-corrected chi connectivity index (χ4v) is 12.0. The Bertz CT molecular complexity index is 10200. The highest BCUT2D eigenvalue weighted by molar-refractivity contribution is 6.26. The Labute approximate surface area is 631 Å². The maximum atomic E-state index is 9.95. The van der Waals surface area contributed by atoms with Crippen LogP contribution >= 0.6 is 0 Å². The highest BCUT2D eigenvalue weighted by Gasteiger charge is 2.22. The number of fused-ring (bicyclic) bond motifs is 20. The minimum absolute atomic E-state index is 0.403. The minimum Gasteiger partial charge on any atom is -0.455 e. The summed E-state index contributed by atoms with van der Waals surface area (Å²) in [7, 11) is 0. The van der Waals surface area contributed by atoms with Crippen molar-refractivity contribution in [2.75, 3.05) is 0 Å². The van der Waals surface area contributed by atoms with Crippen LogP contribution in [0.1, 0.15) is 76.8 Å². The van der Waals surface area contributed by atoms with E-state index in [0.29, 0.717) is 0 Å². The van der Waals surface area contributed by atoms with Gasteiger partial charge in [-0.05, 0) is 207 Å². The van der Waals surface area contributed by atoms with Crippen LogP contribution in [0.5, 0.6) is 0 Å². The van der Waals surface area contributed by atoms with Gasteiger partial charge in [0.05, 0.1) is 76.8 Å². The Kier molecular flexibility index (Phi) is 5.05. The number of hydrogen-bond donors (Lipinski definition) is 0. The first-order chi connectivity index (χ1) is 71.0. The molecule has 0 saturated heterocycles. The summed E-state index contributed by atoms with van der Waals surface area (Å²) in [6, 6.07) is -50.5. The van der Waals surface area contributed by atoms with Crippen LogP contribution in [0.25, 0.3) is 207 Å². The summed E-state index contributed by atoms with van der Waals surface area (Å²) in [6.07, 6.45) is 0. The van der Waals surface area contributed by atoms with E-state index in [-0.39, 0.29) is 0 Å². The van der Waals surface area contributed by atoms with Crippen LogP contribution in [0.3, 0.4) is 0 Å². The highest BCUT2D eigenvalue weighted by atomic mass is 16.3. The third kappa shape index (κ3) is 8.45. The molecule has 0 saturated carbocycles. The van der Waals surface area contributed by atoms with E-state index in [1.54, 1.807) is 0 Å². The summed E-state index contributed by atoms with van der Waals surface area (Å²) in [6.45, 7) is 0. The summed E-state index contributed by atoms with van der Waals surface area (Å²) in [5.41, 5.74) is -10.2. The van der Waals surface area contributed by atoms with Crippen LogP contribution in [0.15, 0.2) is 347 Å². The van der Waals surface area contributed by atoms with Gasteiger partial charge in [0, 0.05) is 32.3 Å². The van der Waals surface area contributed by atoms with E-state index in [0.717, 1.165) is 0 Å². The van der Waals surface area contributed by atoms with Crippen molar-refractivity contribution in [1.82, 2.24) is 0 Å². The second-order valence-corrected chi connectivity index (χ2v) is 21.3. The SMILES string of the molecule is [2H]c1c(-c2c3c([2H])c([2H])c([2H])c([2H])c3c(-c3c([2H])c([2H])c4c([2H])c([2H])c5c([2H])c([2H])c([2H])c([2H])c5c4c3[2H])c3c([2H])c([2H])c([2H])c([2H])c23)c([2H])c2c(oc3c4c([2H])c([2H])c([2H])c([2H])c4c([2H])c([2H])c32)c1[2H].[2H]c1c([2H])c(-c2c([2H])c([2H])c3c([2H])c([2H])c4c([2H])c([2H])c([2H])c([2H])c4c3c2[2H])c([2H])c(-c2c3c([2H])c([2H])c([2H])c([2H])c3c(-c3c([2H])c([2H])c4oc5c6c([2H])c([2H])c([2H])c([2H])c6c([2H])c([2H])c5c4c3[2H])c3c([2H])c([2H])c([2H])c([2H])c23)c1[2H]. The molecule has 2 nitrogen and oxygen atoms in total. The Morgan fingerprint density at radius 2 is 0.406 bits per heavy atom. The van der Waals surface area contributed by atoms with Crippen molar-refractivity contribution in [2.45, 2.75) is 0 Å². The molecule has 0 spiro atoms. The van der Waals surface area contributed by atoms with E-state index in [2.05, 4.69) is 0 Å². The molecule has 19 aromatic carbocycles. The van der Waals surface area contributed by atoms with Crippen LogP contribution in [0.4, 0.5) is 0 Å². The molecule has 0 atom stereocenters. The first-order valence-corrected chi connectivity index (χ1v) is 28.6. The van der Waals surface area contributed by atoms with E-state index < -0.39 is 546 Å². The van der Waals surface area contributed by atoms with E-state index in [9.17, 15) is 31.5 Å². The number of rotatable bonds is 5. The zero-order valence-corrected chi connectivity index (χ0v) is 47.8. The fourth-order valence-electron chi connectivity index (χ4n) is 12.0. The molecule has 0 unspecified atom stereocenters. The third-order valence-electron chi connectivity index (χ3n) is 16.1. The molecule has 2 heteroatoms. The molecule has 0 aliphatic rings. The van der Waals surface area contributed by atoms with Crippen LogP contribution in [-0.4, -0.2) is 0 Å². The molecule has 21 rings (SSSR count). The van der Waals surface area contributed by atoms with Crippen molar-refractivity contribution < 1.29 is 85.6 Å². The molecule has 0 N–H and O–H groups in total. The van der Waals surface area contributed by atoms with E-state index in [1.165, 1.54) is 0 Å². The molecule has 2 heterocycles. The molecule has 0 fully saturated rings. The standard InChI is InChI=1S/C50H30O.C44H26O/c1-3-14-38-31(10-1)20-21-33-22-23-35(29-45(33)38)34-12-9-13-36(28-34)48-40-16-5-7-18-42(40)49(43-19-8-6-17-41(43)48)37-25-27-47-46(30-37)44-26-24-32-11-2-4-15-39(32)50(44)51-47;1-3-11-32-27(9-1)17-18-29-19-20-30(25-39(29)32)42-34-13-5-7-15-36(34)43(37-16-8-6-14-35(37)42)31-22-24-41-40(26-31)38-23-21-28-10-2-4-12-33(28)44(38)45-41/h1-30H;1-26H/i1D,2D,3D,4D,5D,6D,7D,8D,9D,10D,11D,12D,13D,14D,15D,16D,17D,18D,19D,20D,21D,22D,23D,24D,25D,26D,27D,28D,29D,30D;1D,2D,3D,4D,5D,6D,7D,8D,9D,10D,11D,12D,13D,14D,15D,16D,17D,18D,19D,20D,21D,22D,23D,24D,25D,26D. The molecule has 0 aliphatic heterocycles. The maximum Gasteiger partial charge on any atom is 0.143 e. The van der Waals surface area contributed by atoms with Gasteiger partial charge in [-0.3, -0.25) is 0 Å². The Morgan fingerprint density at radius 3 is 0.802 bits per heavy atom. The lowest BCUT2D eigenvalue weighted by molar-refractivity contribution is 0.672. The highest BCUT2D eigenvalue weighted by Crippen LogP contribution is 2.49. The summed E-state index contributed by atoms with van der Waals surface area (Å²) in [4.78, 5) is 0. The van der Waals surface area contributed by atoms with Crippen LogP contribution < -0.4 is 0 Å². The lowest BCUT2D eigenvalue weighted by atomic mass is 9.85. The number of furan rings is 2.